The van der Waals surface area contributed by atoms with Crippen molar-refractivity contribution in [3.05, 3.63) is 23.5 Å². The van der Waals surface area contributed by atoms with Gasteiger partial charge in [0.2, 0.25) is 0 Å². The van der Waals surface area contributed by atoms with Crippen LogP contribution in [0.15, 0.2) is 16.8 Å². The standard InChI is InChI=1S/C18H22N2O4/c1-4-13-12-8-10(9-19-16(12)24-20-13)17(21)23-15-11-6-5-7-22-14(11)18(15,2)3/h8-9,11,14-15H,4-7H2,1-3H3/t11-,14-,15+/m0/s1. The molecule has 2 fully saturated rings. The van der Waals surface area contributed by atoms with Gasteiger partial charge in [0.15, 0.2) is 0 Å². The second-order valence-electron chi connectivity index (χ2n) is 7.30. The molecule has 3 heterocycles. The first kappa shape index (κ1) is 15.6. The van der Waals surface area contributed by atoms with Gasteiger partial charge in [0.1, 0.15) is 6.10 Å². The summed E-state index contributed by atoms with van der Waals surface area (Å²) in [5.74, 6) is -0.0362. The number of fused-ring (bicyclic) bond motifs is 2. The summed E-state index contributed by atoms with van der Waals surface area (Å²) in [4.78, 5) is 16.8. The van der Waals surface area contributed by atoms with Crippen molar-refractivity contribution >= 4 is 17.1 Å². The molecule has 1 saturated heterocycles. The molecule has 2 aliphatic rings. The molecule has 0 amide bonds. The number of hydrogen-bond donors (Lipinski definition) is 0. The molecule has 1 aliphatic carbocycles. The van der Waals surface area contributed by atoms with Crippen molar-refractivity contribution in [3.8, 4) is 0 Å². The molecular weight excluding hydrogens is 308 g/mol. The number of hydrogen-bond acceptors (Lipinski definition) is 6. The summed E-state index contributed by atoms with van der Waals surface area (Å²) >= 11 is 0. The van der Waals surface area contributed by atoms with E-state index in [0.717, 1.165) is 36.9 Å². The number of ether oxygens (including phenoxy) is 2. The van der Waals surface area contributed by atoms with E-state index in [1.54, 1.807) is 6.07 Å². The molecule has 0 bridgehead atoms. The minimum atomic E-state index is -0.338. The summed E-state index contributed by atoms with van der Waals surface area (Å²) in [5.41, 5.74) is 1.55. The first-order chi connectivity index (χ1) is 11.5. The zero-order valence-electron chi connectivity index (χ0n) is 14.2. The van der Waals surface area contributed by atoms with Gasteiger partial charge in [-0.3, -0.25) is 0 Å². The predicted molar refractivity (Wildman–Crippen MR) is 86.6 cm³/mol. The van der Waals surface area contributed by atoms with E-state index < -0.39 is 0 Å². The van der Waals surface area contributed by atoms with Crippen LogP contribution in [0.25, 0.3) is 11.1 Å². The second-order valence-corrected chi connectivity index (χ2v) is 7.30. The molecule has 0 spiro atoms. The zero-order chi connectivity index (χ0) is 16.9. The van der Waals surface area contributed by atoms with E-state index in [-0.39, 0.29) is 23.6 Å². The number of carbonyl (C=O) groups excluding carboxylic acids is 1. The highest BCUT2D eigenvalue weighted by atomic mass is 16.6. The van der Waals surface area contributed by atoms with Crippen molar-refractivity contribution < 1.29 is 18.8 Å². The third kappa shape index (κ3) is 2.24. The molecule has 3 atom stereocenters. The van der Waals surface area contributed by atoms with Gasteiger partial charge < -0.3 is 14.0 Å². The van der Waals surface area contributed by atoms with Crippen LogP contribution in [0.2, 0.25) is 0 Å². The molecule has 4 rings (SSSR count). The maximum atomic E-state index is 12.6. The summed E-state index contributed by atoms with van der Waals surface area (Å²) in [5, 5.41) is 4.75. The van der Waals surface area contributed by atoms with Crippen molar-refractivity contribution in [3.63, 3.8) is 0 Å². The molecule has 2 aromatic rings. The van der Waals surface area contributed by atoms with Crippen molar-refractivity contribution in [1.82, 2.24) is 10.1 Å². The topological polar surface area (TPSA) is 74.5 Å². The first-order valence-electron chi connectivity index (χ1n) is 8.59. The van der Waals surface area contributed by atoms with Crippen LogP contribution in [-0.2, 0) is 15.9 Å². The van der Waals surface area contributed by atoms with E-state index >= 15 is 0 Å². The fourth-order valence-electron chi connectivity index (χ4n) is 4.14. The Morgan fingerprint density at radius 1 is 1.46 bits per heavy atom. The Morgan fingerprint density at radius 3 is 3.08 bits per heavy atom. The van der Waals surface area contributed by atoms with Gasteiger partial charge in [-0.25, -0.2) is 9.78 Å². The van der Waals surface area contributed by atoms with Crippen LogP contribution in [0.4, 0.5) is 0 Å². The van der Waals surface area contributed by atoms with Crippen LogP contribution in [0.5, 0.6) is 0 Å². The van der Waals surface area contributed by atoms with E-state index in [4.69, 9.17) is 14.0 Å². The van der Waals surface area contributed by atoms with Gasteiger partial charge >= 0.3 is 5.97 Å². The van der Waals surface area contributed by atoms with E-state index in [2.05, 4.69) is 24.0 Å². The van der Waals surface area contributed by atoms with E-state index in [9.17, 15) is 4.79 Å². The second kappa shape index (κ2) is 5.55. The lowest BCUT2D eigenvalue weighted by molar-refractivity contribution is -0.243. The third-order valence-corrected chi connectivity index (χ3v) is 5.43. The summed E-state index contributed by atoms with van der Waals surface area (Å²) in [7, 11) is 0. The molecule has 0 unspecified atom stereocenters. The van der Waals surface area contributed by atoms with Crippen LogP contribution in [0, 0.1) is 11.3 Å². The van der Waals surface area contributed by atoms with E-state index in [1.165, 1.54) is 6.20 Å². The number of carbonyl (C=O) groups is 1. The zero-order valence-corrected chi connectivity index (χ0v) is 14.2. The number of pyridine rings is 1. The Balaban J connectivity index is 1.56. The summed E-state index contributed by atoms with van der Waals surface area (Å²) < 4.78 is 16.9. The minimum absolute atomic E-state index is 0.112. The Bertz CT molecular complexity index is 782. The van der Waals surface area contributed by atoms with Gasteiger partial charge in [-0.1, -0.05) is 25.9 Å². The molecular formula is C18H22N2O4. The SMILES string of the molecule is CCc1noc2ncc(C(=O)O[C@@H]3[C@H]4CCCO[C@@H]4C3(C)C)cc12. The normalized spacial score (nSPS) is 28.2. The molecule has 0 N–H and O–H groups in total. The molecule has 0 aromatic carbocycles. The van der Waals surface area contributed by atoms with Crippen LogP contribution >= 0.6 is 0 Å². The van der Waals surface area contributed by atoms with Gasteiger partial charge in [-0.15, -0.1) is 0 Å². The van der Waals surface area contributed by atoms with Gasteiger partial charge in [0, 0.05) is 24.1 Å². The average Bonchev–Trinajstić information content (AvgIpc) is 3.01. The Kier molecular flexibility index (Phi) is 3.60. The maximum Gasteiger partial charge on any atom is 0.340 e. The fourth-order valence-corrected chi connectivity index (χ4v) is 4.14. The summed E-state index contributed by atoms with van der Waals surface area (Å²) in [6.07, 6.45) is 4.38. The number of rotatable bonds is 3. The largest absolute Gasteiger partial charge is 0.458 e. The number of esters is 1. The third-order valence-electron chi connectivity index (χ3n) is 5.43. The Labute approximate surface area is 140 Å². The fraction of sp³-hybridized carbons (Fsp3) is 0.611. The molecule has 6 heteroatoms. The molecule has 6 nitrogen and oxygen atoms in total. The van der Waals surface area contributed by atoms with E-state index in [0.29, 0.717) is 17.2 Å². The lowest BCUT2D eigenvalue weighted by Gasteiger charge is -2.58. The molecule has 0 radical (unpaired) electrons. The maximum absolute atomic E-state index is 12.6. The van der Waals surface area contributed by atoms with Crippen molar-refractivity contribution in [1.29, 1.82) is 0 Å². The van der Waals surface area contributed by atoms with Crippen LogP contribution in [0.3, 0.4) is 0 Å². The average molecular weight is 330 g/mol. The Morgan fingerprint density at radius 2 is 2.29 bits per heavy atom. The molecule has 2 aromatic heterocycles. The number of aromatic nitrogens is 2. The van der Waals surface area contributed by atoms with Crippen molar-refractivity contribution in [2.45, 2.75) is 52.2 Å². The predicted octanol–water partition coefficient (Wildman–Crippen LogP) is 3.15. The van der Waals surface area contributed by atoms with Gasteiger partial charge in [-0.05, 0) is 25.3 Å². The smallest absolute Gasteiger partial charge is 0.340 e. The first-order valence-corrected chi connectivity index (χ1v) is 8.59. The highest BCUT2D eigenvalue weighted by molar-refractivity contribution is 5.93. The van der Waals surface area contributed by atoms with Gasteiger partial charge in [0.05, 0.1) is 22.7 Å². The van der Waals surface area contributed by atoms with E-state index in [1.807, 2.05) is 6.92 Å². The van der Waals surface area contributed by atoms with Crippen LogP contribution in [0.1, 0.15) is 49.7 Å². The molecule has 1 saturated carbocycles. The lowest BCUT2D eigenvalue weighted by atomic mass is 9.57. The lowest BCUT2D eigenvalue weighted by Crippen LogP contribution is -2.65. The molecule has 128 valence electrons. The summed E-state index contributed by atoms with van der Waals surface area (Å²) in [6, 6.07) is 1.76. The van der Waals surface area contributed by atoms with Crippen molar-refractivity contribution in [2.75, 3.05) is 6.61 Å². The van der Waals surface area contributed by atoms with Crippen molar-refractivity contribution in [2.24, 2.45) is 11.3 Å². The van der Waals surface area contributed by atoms with Gasteiger partial charge in [-0.2, -0.15) is 0 Å². The number of nitrogens with zero attached hydrogens (tertiary/aromatic N) is 2. The van der Waals surface area contributed by atoms with Crippen LogP contribution < -0.4 is 0 Å². The molecule has 1 aliphatic heterocycles. The quantitative estimate of drug-likeness (QED) is 0.805. The highest BCUT2D eigenvalue weighted by Crippen LogP contribution is 2.53. The molecule has 24 heavy (non-hydrogen) atoms. The van der Waals surface area contributed by atoms with Crippen LogP contribution in [-0.4, -0.2) is 34.9 Å². The minimum Gasteiger partial charge on any atom is -0.458 e. The summed E-state index contributed by atoms with van der Waals surface area (Å²) in [6.45, 7) is 7.00. The highest BCUT2D eigenvalue weighted by Gasteiger charge is 2.60. The Hall–Kier alpha value is -1.95. The number of aryl methyl sites for hydroxylation is 1. The van der Waals surface area contributed by atoms with Gasteiger partial charge in [0.25, 0.3) is 5.71 Å². The monoisotopic (exact) mass is 330 g/mol.